The van der Waals surface area contributed by atoms with Crippen molar-refractivity contribution >= 4 is 5.91 Å². The Balaban J connectivity index is 2.93. The van der Waals surface area contributed by atoms with Crippen LogP contribution in [0.25, 0.3) is 0 Å². The van der Waals surface area contributed by atoms with Crippen LogP contribution in [0.1, 0.15) is 50.5 Å². The van der Waals surface area contributed by atoms with E-state index in [2.05, 4.69) is 5.32 Å². The maximum atomic E-state index is 12.0. The molecule has 4 heteroatoms. The Morgan fingerprint density at radius 1 is 1.25 bits per heavy atom. The van der Waals surface area contributed by atoms with E-state index in [4.69, 9.17) is 9.47 Å². The highest BCUT2D eigenvalue weighted by molar-refractivity contribution is 5.94. The van der Waals surface area contributed by atoms with Crippen LogP contribution in [0.5, 0.6) is 5.75 Å². The molecule has 0 aliphatic rings. The summed E-state index contributed by atoms with van der Waals surface area (Å²) >= 11 is 0. The third-order valence-corrected chi connectivity index (χ3v) is 2.61. The first kappa shape index (κ1) is 16.5. The molecule has 1 aromatic rings. The Morgan fingerprint density at radius 2 is 1.95 bits per heavy atom. The maximum absolute atomic E-state index is 12.0. The molecule has 0 aliphatic carbocycles. The van der Waals surface area contributed by atoms with Crippen LogP contribution in [-0.2, 0) is 11.3 Å². The summed E-state index contributed by atoms with van der Waals surface area (Å²) in [6.45, 7) is 10.8. The highest BCUT2D eigenvalue weighted by Gasteiger charge is 2.12. The fourth-order valence-corrected chi connectivity index (χ4v) is 1.73. The average Bonchev–Trinajstić information content (AvgIpc) is 2.36. The molecule has 0 unspecified atom stereocenters. The molecule has 1 rings (SSSR count). The minimum absolute atomic E-state index is 0.0751. The molecule has 0 saturated heterocycles. The number of carbonyl (C=O) groups is 1. The van der Waals surface area contributed by atoms with Crippen LogP contribution in [0.3, 0.4) is 0 Å². The monoisotopic (exact) mass is 279 g/mol. The van der Waals surface area contributed by atoms with E-state index in [0.29, 0.717) is 18.8 Å². The summed E-state index contributed by atoms with van der Waals surface area (Å²) in [5.41, 5.74) is 1.53. The van der Waals surface area contributed by atoms with Gasteiger partial charge in [0.25, 0.3) is 5.91 Å². The third kappa shape index (κ3) is 5.21. The van der Waals surface area contributed by atoms with Crippen molar-refractivity contribution < 1.29 is 14.3 Å². The van der Waals surface area contributed by atoms with E-state index in [0.717, 1.165) is 11.3 Å². The first-order valence-electron chi connectivity index (χ1n) is 7.12. The molecule has 0 fully saturated rings. The van der Waals surface area contributed by atoms with Gasteiger partial charge in [0.05, 0.1) is 19.3 Å². The number of ether oxygens (including phenoxy) is 2. The average molecular weight is 279 g/mol. The molecule has 1 N–H and O–H groups in total. The van der Waals surface area contributed by atoms with Crippen LogP contribution in [0.4, 0.5) is 0 Å². The Morgan fingerprint density at radius 3 is 2.50 bits per heavy atom. The van der Waals surface area contributed by atoms with Gasteiger partial charge in [0, 0.05) is 17.2 Å². The minimum atomic E-state index is -0.0751. The van der Waals surface area contributed by atoms with Gasteiger partial charge >= 0.3 is 0 Å². The fraction of sp³-hybridized carbons (Fsp3) is 0.562. The Hall–Kier alpha value is -1.55. The van der Waals surface area contributed by atoms with Crippen LogP contribution in [0.15, 0.2) is 18.2 Å². The number of amides is 1. The molecule has 0 aromatic heterocycles. The molecule has 4 nitrogen and oxygen atoms in total. The molecule has 0 spiro atoms. The van der Waals surface area contributed by atoms with Crippen LogP contribution in [-0.4, -0.2) is 24.7 Å². The van der Waals surface area contributed by atoms with Crippen LogP contribution < -0.4 is 10.1 Å². The van der Waals surface area contributed by atoms with E-state index in [1.165, 1.54) is 0 Å². The molecule has 0 radical (unpaired) electrons. The SMILES string of the molecule is CCOc1ccc(C(=O)NC(C)C)cc1COC(C)C. The summed E-state index contributed by atoms with van der Waals surface area (Å²) < 4.78 is 11.2. The summed E-state index contributed by atoms with van der Waals surface area (Å²) in [5.74, 6) is 0.697. The number of benzene rings is 1. The lowest BCUT2D eigenvalue weighted by Crippen LogP contribution is -2.30. The molecule has 112 valence electrons. The van der Waals surface area contributed by atoms with Crippen LogP contribution >= 0.6 is 0 Å². The van der Waals surface area contributed by atoms with Crippen molar-refractivity contribution in [3.05, 3.63) is 29.3 Å². The van der Waals surface area contributed by atoms with Gasteiger partial charge < -0.3 is 14.8 Å². The molecular weight excluding hydrogens is 254 g/mol. The summed E-state index contributed by atoms with van der Waals surface area (Å²) in [6, 6.07) is 5.56. The summed E-state index contributed by atoms with van der Waals surface area (Å²) in [6.07, 6.45) is 0.137. The van der Waals surface area contributed by atoms with Crippen molar-refractivity contribution in [1.29, 1.82) is 0 Å². The lowest BCUT2D eigenvalue weighted by molar-refractivity contribution is 0.0641. The molecule has 20 heavy (non-hydrogen) atoms. The second-order valence-corrected chi connectivity index (χ2v) is 5.24. The van der Waals surface area contributed by atoms with Gasteiger partial charge in [-0.05, 0) is 52.8 Å². The molecule has 1 amide bonds. The van der Waals surface area contributed by atoms with Gasteiger partial charge in [-0.25, -0.2) is 0 Å². The van der Waals surface area contributed by atoms with Gasteiger partial charge in [0.2, 0.25) is 0 Å². The van der Waals surface area contributed by atoms with Gasteiger partial charge in [0.15, 0.2) is 0 Å². The first-order valence-corrected chi connectivity index (χ1v) is 7.12. The largest absolute Gasteiger partial charge is 0.494 e. The Bertz CT molecular complexity index is 441. The topological polar surface area (TPSA) is 47.6 Å². The van der Waals surface area contributed by atoms with E-state index < -0.39 is 0 Å². The summed E-state index contributed by atoms with van der Waals surface area (Å²) in [5, 5.41) is 2.88. The zero-order valence-corrected chi connectivity index (χ0v) is 13.0. The number of nitrogens with one attached hydrogen (secondary N) is 1. The van der Waals surface area contributed by atoms with Crippen molar-refractivity contribution in [1.82, 2.24) is 5.32 Å². The molecule has 1 aromatic carbocycles. The predicted molar refractivity (Wildman–Crippen MR) is 80.1 cm³/mol. The van der Waals surface area contributed by atoms with Gasteiger partial charge in [-0.2, -0.15) is 0 Å². The van der Waals surface area contributed by atoms with Crippen molar-refractivity contribution in [3.63, 3.8) is 0 Å². The highest BCUT2D eigenvalue weighted by atomic mass is 16.5. The third-order valence-electron chi connectivity index (χ3n) is 2.61. The van der Waals surface area contributed by atoms with Crippen molar-refractivity contribution in [2.75, 3.05) is 6.61 Å². The summed E-state index contributed by atoms with van der Waals surface area (Å²) in [4.78, 5) is 12.0. The Labute approximate surface area is 121 Å². The highest BCUT2D eigenvalue weighted by Crippen LogP contribution is 2.22. The zero-order chi connectivity index (χ0) is 15.1. The molecule has 0 bridgehead atoms. The second kappa shape index (κ2) is 7.90. The normalized spacial score (nSPS) is 10.9. The van der Waals surface area contributed by atoms with Crippen LogP contribution in [0, 0.1) is 0 Å². The molecule has 0 aliphatic heterocycles. The maximum Gasteiger partial charge on any atom is 0.251 e. The number of hydrogen-bond donors (Lipinski definition) is 1. The number of hydrogen-bond acceptors (Lipinski definition) is 3. The van der Waals surface area contributed by atoms with Gasteiger partial charge in [-0.15, -0.1) is 0 Å². The van der Waals surface area contributed by atoms with Crippen LogP contribution in [0.2, 0.25) is 0 Å². The fourth-order valence-electron chi connectivity index (χ4n) is 1.73. The van der Waals surface area contributed by atoms with E-state index in [9.17, 15) is 4.79 Å². The zero-order valence-electron chi connectivity index (χ0n) is 13.0. The Kier molecular flexibility index (Phi) is 6.52. The molecule has 0 heterocycles. The van der Waals surface area contributed by atoms with E-state index in [1.807, 2.05) is 46.8 Å². The van der Waals surface area contributed by atoms with E-state index in [-0.39, 0.29) is 18.1 Å². The van der Waals surface area contributed by atoms with Gasteiger partial charge in [0.1, 0.15) is 5.75 Å². The molecule has 0 saturated carbocycles. The number of rotatable bonds is 7. The van der Waals surface area contributed by atoms with Crippen molar-refractivity contribution in [2.24, 2.45) is 0 Å². The minimum Gasteiger partial charge on any atom is -0.494 e. The quantitative estimate of drug-likeness (QED) is 0.834. The van der Waals surface area contributed by atoms with Gasteiger partial charge in [-0.3, -0.25) is 4.79 Å². The molecular formula is C16H25NO3. The lowest BCUT2D eigenvalue weighted by atomic mass is 10.1. The van der Waals surface area contributed by atoms with Crippen molar-refractivity contribution in [2.45, 2.75) is 53.4 Å². The number of carbonyl (C=O) groups excluding carboxylic acids is 1. The smallest absolute Gasteiger partial charge is 0.251 e. The van der Waals surface area contributed by atoms with E-state index in [1.54, 1.807) is 6.07 Å². The first-order chi connectivity index (χ1) is 9.43. The predicted octanol–water partition coefficient (Wildman–Crippen LogP) is 3.15. The standard InChI is InChI=1S/C16H25NO3/c1-6-19-15-8-7-13(16(18)17-11(2)3)9-14(15)10-20-12(4)5/h7-9,11-12H,6,10H2,1-5H3,(H,17,18). The molecule has 0 atom stereocenters. The van der Waals surface area contributed by atoms with Gasteiger partial charge in [-0.1, -0.05) is 0 Å². The van der Waals surface area contributed by atoms with Crippen molar-refractivity contribution in [3.8, 4) is 5.75 Å². The second-order valence-electron chi connectivity index (χ2n) is 5.24. The van der Waals surface area contributed by atoms with E-state index >= 15 is 0 Å². The summed E-state index contributed by atoms with van der Waals surface area (Å²) in [7, 11) is 0. The lowest BCUT2D eigenvalue weighted by Gasteiger charge is -2.14.